The summed E-state index contributed by atoms with van der Waals surface area (Å²) >= 11 is 1.38. The SMILES string of the molecule is CCOC(=O)c1c(NC(=O)C(C#N)=Cc2ccc(O)cc2)sc2c1CCCC2. The van der Waals surface area contributed by atoms with Gasteiger partial charge in [0.1, 0.15) is 22.4 Å². The number of esters is 1. The minimum atomic E-state index is -0.584. The van der Waals surface area contributed by atoms with Crippen LogP contribution in [0.3, 0.4) is 0 Å². The number of nitriles is 1. The van der Waals surface area contributed by atoms with Gasteiger partial charge in [-0.25, -0.2) is 4.79 Å². The van der Waals surface area contributed by atoms with Gasteiger partial charge in [-0.3, -0.25) is 4.79 Å². The second kappa shape index (κ2) is 8.72. The average molecular weight is 396 g/mol. The monoisotopic (exact) mass is 396 g/mol. The van der Waals surface area contributed by atoms with Gasteiger partial charge in [-0.2, -0.15) is 5.26 Å². The summed E-state index contributed by atoms with van der Waals surface area (Å²) in [5.41, 5.74) is 1.88. The van der Waals surface area contributed by atoms with Crippen molar-refractivity contribution in [2.45, 2.75) is 32.6 Å². The molecule has 1 aliphatic carbocycles. The number of phenolic OH excluding ortho intramolecular Hbond substituents is 1. The predicted octanol–water partition coefficient (Wildman–Crippen LogP) is 4.05. The van der Waals surface area contributed by atoms with Crippen LogP contribution in [0.5, 0.6) is 5.75 Å². The van der Waals surface area contributed by atoms with Crippen molar-refractivity contribution in [2.24, 2.45) is 0 Å². The highest BCUT2D eigenvalue weighted by molar-refractivity contribution is 7.17. The first-order valence-electron chi connectivity index (χ1n) is 9.07. The number of carbonyl (C=O) groups is 2. The number of thiophene rings is 1. The van der Waals surface area contributed by atoms with Crippen molar-refractivity contribution in [2.75, 3.05) is 11.9 Å². The molecule has 1 aliphatic rings. The predicted molar refractivity (Wildman–Crippen MR) is 107 cm³/mol. The van der Waals surface area contributed by atoms with Gasteiger partial charge in [-0.05, 0) is 61.9 Å². The third-order valence-corrected chi connectivity index (χ3v) is 5.65. The number of aromatic hydroxyl groups is 1. The molecule has 0 aliphatic heterocycles. The smallest absolute Gasteiger partial charge is 0.341 e. The Morgan fingerprint density at radius 1 is 1.29 bits per heavy atom. The van der Waals surface area contributed by atoms with Gasteiger partial charge in [0.05, 0.1) is 12.2 Å². The van der Waals surface area contributed by atoms with Gasteiger partial charge < -0.3 is 15.2 Å². The van der Waals surface area contributed by atoms with Crippen LogP contribution in [0.25, 0.3) is 6.08 Å². The van der Waals surface area contributed by atoms with Crippen LogP contribution in [0.2, 0.25) is 0 Å². The van der Waals surface area contributed by atoms with E-state index < -0.39 is 11.9 Å². The average Bonchev–Trinajstić information content (AvgIpc) is 3.05. The first-order chi connectivity index (χ1) is 13.5. The fourth-order valence-corrected chi connectivity index (χ4v) is 4.40. The van der Waals surface area contributed by atoms with Gasteiger partial charge in [-0.15, -0.1) is 11.3 Å². The van der Waals surface area contributed by atoms with E-state index in [1.54, 1.807) is 19.1 Å². The molecule has 0 fully saturated rings. The molecule has 1 amide bonds. The lowest BCUT2D eigenvalue weighted by Crippen LogP contribution is -2.16. The number of ether oxygens (including phenoxy) is 1. The first-order valence-corrected chi connectivity index (χ1v) is 9.89. The van der Waals surface area contributed by atoms with E-state index in [1.807, 2.05) is 6.07 Å². The van der Waals surface area contributed by atoms with Crippen molar-refractivity contribution in [3.05, 3.63) is 51.4 Å². The summed E-state index contributed by atoms with van der Waals surface area (Å²) in [5.74, 6) is -0.929. The second-order valence-electron chi connectivity index (χ2n) is 6.35. The number of fused-ring (bicyclic) bond motifs is 1. The molecular weight excluding hydrogens is 376 g/mol. The van der Waals surface area contributed by atoms with Crippen LogP contribution >= 0.6 is 11.3 Å². The van der Waals surface area contributed by atoms with Crippen LogP contribution in [-0.2, 0) is 22.4 Å². The number of aryl methyl sites for hydroxylation is 1. The van der Waals surface area contributed by atoms with Crippen LogP contribution in [0.4, 0.5) is 5.00 Å². The molecule has 3 rings (SSSR count). The van der Waals surface area contributed by atoms with Crippen molar-refractivity contribution in [1.29, 1.82) is 5.26 Å². The van der Waals surface area contributed by atoms with Gasteiger partial charge in [0, 0.05) is 4.88 Å². The van der Waals surface area contributed by atoms with Crippen molar-refractivity contribution in [3.63, 3.8) is 0 Å². The highest BCUT2D eigenvalue weighted by Gasteiger charge is 2.27. The van der Waals surface area contributed by atoms with Crippen molar-refractivity contribution in [1.82, 2.24) is 0 Å². The van der Waals surface area contributed by atoms with Crippen molar-refractivity contribution < 1.29 is 19.4 Å². The van der Waals surface area contributed by atoms with Crippen molar-refractivity contribution in [3.8, 4) is 11.8 Å². The number of amides is 1. The van der Waals surface area contributed by atoms with Crippen molar-refractivity contribution >= 4 is 34.3 Å². The fourth-order valence-electron chi connectivity index (χ4n) is 3.13. The molecule has 0 saturated carbocycles. The maximum atomic E-state index is 12.7. The molecular formula is C21H20N2O4S. The van der Waals surface area contributed by atoms with Gasteiger partial charge in [0.15, 0.2) is 0 Å². The van der Waals surface area contributed by atoms with E-state index in [9.17, 15) is 20.0 Å². The molecule has 2 aromatic rings. The van der Waals surface area contributed by atoms with E-state index in [2.05, 4.69) is 5.32 Å². The van der Waals surface area contributed by atoms with Gasteiger partial charge in [0.2, 0.25) is 0 Å². The standard InChI is InChI=1S/C21H20N2O4S/c1-2-27-21(26)18-16-5-3-4-6-17(16)28-20(18)23-19(25)14(12-22)11-13-7-9-15(24)10-8-13/h7-11,24H,2-6H2,1H3,(H,23,25). The van der Waals surface area contributed by atoms with E-state index in [1.165, 1.54) is 29.5 Å². The van der Waals surface area contributed by atoms with E-state index in [0.717, 1.165) is 36.1 Å². The maximum absolute atomic E-state index is 12.7. The molecule has 1 aromatic carbocycles. The number of carbonyl (C=O) groups excluding carboxylic acids is 2. The lowest BCUT2D eigenvalue weighted by molar-refractivity contribution is -0.112. The Kier molecular flexibility index (Phi) is 6.12. The molecule has 0 bridgehead atoms. The topological polar surface area (TPSA) is 99.4 Å². The highest BCUT2D eigenvalue weighted by atomic mass is 32.1. The van der Waals surface area contributed by atoms with Crippen LogP contribution in [0.15, 0.2) is 29.8 Å². The van der Waals surface area contributed by atoms with Gasteiger partial charge in [0.25, 0.3) is 5.91 Å². The molecule has 28 heavy (non-hydrogen) atoms. The molecule has 0 saturated heterocycles. The molecule has 0 unspecified atom stereocenters. The molecule has 2 N–H and O–H groups in total. The quantitative estimate of drug-likeness (QED) is 0.451. The van der Waals surface area contributed by atoms with Crippen LogP contribution in [0, 0.1) is 11.3 Å². The molecule has 144 valence electrons. The first kappa shape index (κ1) is 19.6. The normalized spacial score (nSPS) is 13.4. The highest BCUT2D eigenvalue weighted by Crippen LogP contribution is 2.38. The zero-order valence-corrected chi connectivity index (χ0v) is 16.3. The number of nitrogens with zero attached hydrogens (tertiary/aromatic N) is 1. The summed E-state index contributed by atoms with van der Waals surface area (Å²) in [6, 6.07) is 8.06. The Hall–Kier alpha value is -3.11. The van der Waals surface area contributed by atoms with Crippen LogP contribution < -0.4 is 5.32 Å². The van der Waals surface area contributed by atoms with E-state index >= 15 is 0 Å². The number of phenols is 1. The lowest BCUT2D eigenvalue weighted by atomic mass is 9.95. The molecule has 0 radical (unpaired) electrons. The summed E-state index contributed by atoms with van der Waals surface area (Å²) in [4.78, 5) is 26.2. The molecule has 0 atom stereocenters. The Bertz CT molecular complexity index is 968. The molecule has 1 heterocycles. The Morgan fingerprint density at radius 3 is 2.68 bits per heavy atom. The molecule has 1 aromatic heterocycles. The fraction of sp³-hybridized carbons (Fsp3) is 0.286. The van der Waals surface area contributed by atoms with E-state index in [-0.39, 0.29) is 17.9 Å². The van der Waals surface area contributed by atoms with Gasteiger partial charge >= 0.3 is 5.97 Å². The number of anilines is 1. The Morgan fingerprint density at radius 2 is 2.00 bits per heavy atom. The summed E-state index contributed by atoms with van der Waals surface area (Å²) < 4.78 is 5.18. The number of rotatable bonds is 5. The summed E-state index contributed by atoms with van der Waals surface area (Å²) in [7, 11) is 0. The summed E-state index contributed by atoms with van der Waals surface area (Å²) in [6.45, 7) is 1.99. The zero-order chi connectivity index (χ0) is 20.1. The van der Waals surface area contributed by atoms with Crippen LogP contribution in [0.1, 0.15) is 46.1 Å². The third-order valence-electron chi connectivity index (χ3n) is 4.45. The largest absolute Gasteiger partial charge is 0.508 e. The maximum Gasteiger partial charge on any atom is 0.341 e. The second-order valence-corrected chi connectivity index (χ2v) is 7.46. The summed E-state index contributed by atoms with van der Waals surface area (Å²) in [5, 5.41) is 21.9. The van der Waals surface area contributed by atoms with Gasteiger partial charge in [-0.1, -0.05) is 12.1 Å². The summed E-state index contributed by atoms with van der Waals surface area (Å²) in [6.07, 6.45) is 5.13. The number of benzene rings is 1. The number of nitrogens with one attached hydrogen (secondary N) is 1. The van der Waals surface area contributed by atoms with E-state index in [0.29, 0.717) is 16.1 Å². The number of hydrogen-bond acceptors (Lipinski definition) is 6. The molecule has 6 nitrogen and oxygen atoms in total. The third kappa shape index (κ3) is 4.24. The molecule has 0 spiro atoms. The Labute approximate surface area is 167 Å². The number of hydrogen-bond donors (Lipinski definition) is 2. The Balaban J connectivity index is 1.90. The van der Waals surface area contributed by atoms with E-state index in [4.69, 9.17) is 4.74 Å². The minimum Gasteiger partial charge on any atom is -0.508 e. The zero-order valence-electron chi connectivity index (χ0n) is 15.4. The van der Waals surface area contributed by atoms with Crippen LogP contribution in [-0.4, -0.2) is 23.6 Å². The molecule has 7 heteroatoms. The minimum absolute atomic E-state index is 0.0909. The lowest BCUT2D eigenvalue weighted by Gasteiger charge is -2.12.